The summed E-state index contributed by atoms with van der Waals surface area (Å²) in [5, 5.41) is 7.14. The smallest absolute Gasteiger partial charge is 0.339 e. The number of hydrogen-bond acceptors (Lipinski definition) is 6. The van der Waals surface area contributed by atoms with Crippen LogP contribution in [0.5, 0.6) is 0 Å². The molecule has 0 spiro atoms. The molecule has 1 saturated heterocycles. The van der Waals surface area contributed by atoms with Crippen molar-refractivity contribution in [3.63, 3.8) is 0 Å². The number of nitrogens with zero attached hydrogens (tertiary/aromatic N) is 6. The number of hydrazine groups is 1. The number of carbonyl (C=O) groups excluding carboxylic acids is 2. The number of nitrogens with one attached hydrogen (secondary N) is 1. The second-order valence-corrected chi connectivity index (χ2v) is 9.30. The minimum Gasteiger partial charge on any atom is -0.339 e. The topological polar surface area (TPSA) is 84.9 Å². The van der Waals surface area contributed by atoms with Crippen molar-refractivity contribution in [2.24, 2.45) is 0 Å². The van der Waals surface area contributed by atoms with Gasteiger partial charge in [-0.05, 0) is 63.3 Å². The fourth-order valence-electron chi connectivity index (χ4n) is 5.23. The van der Waals surface area contributed by atoms with E-state index < -0.39 is 0 Å². The third-order valence-electron chi connectivity index (χ3n) is 7.10. The molecule has 3 heterocycles. The van der Waals surface area contributed by atoms with Crippen LogP contribution in [-0.4, -0.2) is 64.5 Å². The van der Waals surface area contributed by atoms with Gasteiger partial charge in [-0.3, -0.25) is 14.7 Å². The average molecular weight is 464 g/mol. The van der Waals surface area contributed by atoms with Gasteiger partial charge in [0.25, 0.3) is 5.91 Å². The van der Waals surface area contributed by atoms with E-state index in [-0.39, 0.29) is 18.0 Å². The summed E-state index contributed by atoms with van der Waals surface area (Å²) < 4.78 is 0. The molecular formula is C25H33N7O2. The Morgan fingerprint density at radius 2 is 1.76 bits per heavy atom. The number of carbonyl (C=O) groups is 2. The second-order valence-electron chi connectivity index (χ2n) is 9.30. The minimum atomic E-state index is -0.0554. The van der Waals surface area contributed by atoms with Crippen LogP contribution in [0.25, 0.3) is 0 Å². The SMILES string of the molecule is CCN1C(=O)N(C)c2cnc(Nc3ccc(C(=O)N4CCCCC4)cc3)nc2N1C1CCCC1. The van der Waals surface area contributed by atoms with E-state index in [2.05, 4.69) is 15.3 Å². The average Bonchev–Trinajstić information content (AvgIpc) is 3.41. The molecule has 34 heavy (non-hydrogen) atoms. The molecule has 5 rings (SSSR count). The Bertz CT molecular complexity index is 1050. The van der Waals surface area contributed by atoms with Gasteiger partial charge < -0.3 is 10.2 Å². The number of aromatic nitrogens is 2. The van der Waals surface area contributed by atoms with E-state index in [0.717, 1.165) is 68.8 Å². The molecule has 3 amide bonds. The standard InChI is InChI=1S/C25H33N7O2/c1-3-31-25(34)29(2)21-17-26-24(28-22(21)32(31)20-9-5-6-10-20)27-19-13-11-18(12-14-19)23(33)30-15-7-4-8-16-30/h11-14,17,20H,3-10,15-16H2,1-2H3,(H,26,27,28). The predicted molar refractivity (Wildman–Crippen MR) is 132 cm³/mol. The van der Waals surface area contributed by atoms with Crippen molar-refractivity contribution in [2.45, 2.75) is 57.9 Å². The summed E-state index contributed by atoms with van der Waals surface area (Å²) >= 11 is 0. The number of fused-ring (bicyclic) bond motifs is 1. The zero-order valence-electron chi connectivity index (χ0n) is 20.0. The molecule has 0 radical (unpaired) electrons. The maximum Gasteiger partial charge on any atom is 0.343 e. The summed E-state index contributed by atoms with van der Waals surface area (Å²) in [4.78, 5) is 38.6. The van der Waals surface area contributed by atoms with Crippen LogP contribution in [0.1, 0.15) is 62.2 Å². The summed E-state index contributed by atoms with van der Waals surface area (Å²) in [5.41, 5.74) is 2.23. The van der Waals surface area contributed by atoms with E-state index in [1.807, 2.05) is 36.1 Å². The third kappa shape index (κ3) is 4.15. The van der Waals surface area contributed by atoms with Gasteiger partial charge in [-0.2, -0.15) is 4.98 Å². The van der Waals surface area contributed by atoms with Crippen molar-refractivity contribution in [3.8, 4) is 0 Å². The molecule has 9 heteroatoms. The van der Waals surface area contributed by atoms with Crippen LogP contribution in [0.15, 0.2) is 30.5 Å². The summed E-state index contributed by atoms with van der Waals surface area (Å²) in [6.45, 7) is 4.25. The van der Waals surface area contributed by atoms with Crippen LogP contribution < -0.4 is 15.2 Å². The van der Waals surface area contributed by atoms with Gasteiger partial charge in [-0.15, -0.1) is 0 Å². The molecule has 1 N–H and O–H groups in total. The zero-order chi connectivity index (χ0) is 23.7. The maximum absolute atomic E-state index is 13.0. The van der Waals surface area contributed by atoms with Crippen molar-refractivity contribution in [3.05, 3.63) is 36.0 Å². The first-order valence-corrected chi connectivity index (χ1v) is 12.4. The highest BCUT2D eigenvalue weighted by molar-refractivity contribution is 5.98. The molecule has 0 unspecified atom stereocenters. The van der Waals surface area contributed by atoms with Crippen molar-refractivity contribution in [2.75, 3.05) is 41.9 Å². The Labute approximate surface area is 200 Å². The van der Waals surface area contributed by atoms with Crippen molar-refractivity contribution in [1.29, 1.82) is 0 Å². The van der Waals surface area contributed by atoms with Gasteiger partial charge in [0.1, 0.15) is 5.69 Å². The molecule has 1 aliphatic carbocycles. The first-order chi connectivity index (χ1) is 16.6. The first kappa shape index (κ1) is 22.4. The van der Waals surface area contributed by atoms with E-state index >= 15 is 0 Å². The Morgan fingerprint density at radius 1 is 1.06 bits per heavy atom. The van der Waals surface area contributed by atoms with Crippen molar-refractivity contribution >= 4 is 35.1 Å². The van der Waals surface area contributed by atoms with Gasteiger partial charge in [0, 0.05) is 37.9 Å². The van der Waals surface area contributed by atoms with Gasteiger partial charge in [-0.25, -0.2) is 14.8 Å². The highest BCUT2D eigenvalue weighted by Gasteiger charge is 2.39. The molecular weight excluding hydrogens is 430 g/mol. The van der Waals surface area contributed by atoms with E-state index in [0.29, 0.717) is 18.1 Å². The monoisotopic (exact) mass is 463 g/mol. The van der Waals surface area contributed by atoms with Crippen LogP contribution in [0.2, 0.25) is 0 Å². The fraction of sp³-hybridized carbons (Fsp3) is 0.520. The lowest BCUT2D eigenvalue weighted by Crippen LogP contribution is -2.59. The molecule has 180 valence electrons. The number of piperidine rings is 1. The lowest BCUT2D eigenvalue weighted by molar-refractivity contribution is 0.0724. The number of likely N-dealkylation sites (tertiary alicyclic amines) is 1. The lowest BCUT2D eigenvalue weighted by atomic mass is 10.1. The Hall–Kier alpha value is -3.36. The number of amides is 3. The summed E-state index contributed by atoms with van der Waals surface area (Å²) in [6.07, 6.45) is 9.49. The predicted octanol–water partition coefficient (Wildman–Crippen LogP) is 4.40. The molecule has 0 atom stereocenters. The van der Waals surface area contributed by atoms with Gasteiger partial charge in [-0.1, -0.05) is 12.8 Å². The fourth-order valence-corrected chi connectivity index (χ4v) is 5.23. The van der Waals surface area contributed by atoms with Crippen LogP contribution >= 0.6 is 0 Å². The largest absolute Gasteiger partial charge is 0.343 e. The maximum atomic E-state index is 13.0. The molecule has 2 fully saturated rings. The van der Waals surface area contributed by atoms with Crippen LogP contribution in [-0.2, 0) is 0 Å². The molecule has 1 aromatic carbocycles. The highest BCUT2D eigenvalue weighted by Crippen LogP contribution is 2.38. The molecule has 2 aliphatic heterocycles. The van der Waals surface area contributed by atoms with Crippen LogP contribution in [0.3, 0.4) is 0 Å². The van der Waals surface area contributed by atoms with Gasteiger partial charge >= 0.3 is 6.03 Å². The minimum absolute atomic E-state index is 0.0554. The van der Waals surface area contributed by atoms with Crippen LogP contribution in [0.4, 0.5) is 27.9 Å². The van der Waals surface area contributed by atoms with Gasteiger partial charge in [0.05, 0.1) is 12.2 Å². The summed E-state index contributed by atoms with van der Waals surface area (Å²) in [6, 6.07) is 7.70. The third-order valence-corrected chi connectivity index (χ3v) is 7.10. The van der Waals surface area contributed by atoms with E-state index in [4.69, 9.17) is 4.98 Å². The summed E-state index contributed by atoms with van der Waals surface area (Å²) in [5.74, 6) is 1.32. The van der Waals surface area contributed by atoms with Crippen LogP contribution in [0, 0.1) is 0 Å². The number of anilines is 4. The Balaban J connectivity index is 1.38. The molecule has 2 aromatic rings. The van der Waals surface area contributed by atoms with Crippen molar-refractivity contribution < 1.29 is 9.59 Å². The van der Waals surface area contributed by atoms with Gasteiger partial charge in [0.15, 0.2) is 5.82 Å². The van der Waals surface area contributed by atoms with Crippen molar-refractivity contribution in [1.82, 2.24) is 19.9 Å². The first-order valence-electron chi connectivity index (χ1n) is 12.4. The molecule has 0 bridgehead atoms. The normalized spacial score (nSPS) is 18.9. The summed E-state index contributed by atoms with van der Waals surface area (Å²) in [7, 11) is 1.77. The quantitative estimate of drug-likeness (QED) is 0.707. The Morgan fingerprint density at radius 3 is 2.44 bits per heavy atom. The second kappa shape index (κ2) is 9.48. The molecule has 3 aliphatic rings. The molecule has 1 aromatic heterocycles. The van der Waals surface area contributed by atoms with E-state index in [1.54, 1.807) is 23.2 Å². The highest BCUT2D eigenvalue weighted by atomic mass is 16.2. The van der Waals surface area contributed by atoms with E-state index in [9.17, 15) is 9.59 Å². The number of hydrogen-bond donors (Lipinski definition) is 1. The number of rotatable bonds is 5. The number of urea groups is 1. The van der Waals surface area contributed by atoms with E-state index in [1.165, 1.54) is 6.42 Å². The zero-order valence-corrected chi connectivity index (χ0v) is 20.0. The lowest BCUT2D eigenvalue weighted by Gasteiger charge is -2.45. The Kier molecular flexibility index (Phi) is 6.26. The molecule has 9 nitrogen and oxygen atoms in total. The molecule has 1 saturated carbocycles. The number of benzene rings is 1. The van der Waals surface area contributed by atoms with Gasteiger partial charge in [0.2, 0.25) is 5.95 Å².